The largest absolute Gasteiger partial charge is 0.344 e. The van der Waals surface area contributed by atoms with Crippen LogP contribution in [0, 0.1) is 0 Å². The van der Waals surface area contributed by atoms with E-state index >= 15 is 0 Å². The van der Waals surface area contributed by atoms with Crippen molar-refractivity contribution in [1.29, 1.82) is 0 Å². The number of H-pyrrole nitrogens is 1. The van der Waals surface area contributed by atoms with Crippen molar-refractivity contribution in [2.75, 3.05) is 0 Å². The maximum Gasteiger partial charge on any atom is 0.344 e. The summed E-state index contributed by atoms with van der Waals surface area (Å²) in [4.78, 5) is 10.8. The van der Waals surface area contributed by atoms with Crippen molar-refractivity contribution < 1.29 is 8.42 Å². The maximum absolute atomic E-state index is 10.8. The zero-order chi connectivity index (χ0) is 9.35. The SMILES string of the molecule is CCn1c(S(=O)(=O)Cl)n[nH]c1=O. The Morgan fingerprint density at radius 2 is 2.25 bits per heavy atom. The lowest BCUT2D eigenvalue weighted by atomic mass is 10.7. The lowest BCUT2D eigenvalue weighted by Crippen LogP contribution is -2.18. The van der Waals surface area contributed by atoms with E-state index in [0.29, 0.717) is 0 Å². The van der Waals surface area contributed by atoms with Crippen LogP contribution in [0.25, 0.3) is 0 Å². The maximum atomic E-state index is 10.8. The minimum Gasteiger partial charge on any atom is -0.265 e. The van der Waals surface area contributed by atoms with Crippen molar-refractivity contribution in [3.63, 3.8) is 0 Å². The first-order valence-electron chi connectivity index (χ1n) is 3.06. The highest BCUT2D eigenvalue weighted by Gasteiger charge is 2.19. The smallest absolute Gasteiger partial charge is 0.265 e. The first kappa shape index (κ1) is 9.27. The number of nitrogens with zero attached hydrogens (tertiary/aromatic N) is 2. The zero-order valence-corrected chi connectivity index (χ0v) is 7.68. The van der Waals surface area contributed by atoms with Crippen LogP contribution < -0.4 is 5.69 Å². The average molecular weight is 212 g/mol. The lowest BCUT2D eigenvalue weighted by Gasteiger charge is -1.95. The Morgan fingerprint density at radius 3 is 2.58 bits per heavy atom. The van der Waals surface area contributed by atoms with E-state index in [4.69, 9.17) is 10.7 Å². The van der Waals surface area contributed by atoms with Crippen LogP contribution in [0.1, 0.15) is 6.92 Å². The van der Waals surface area contributed by atoms with Gasteiger partial charge in [0.2, 0.25) is 0 Å². The predicted molar refractivity (Wildman–Crippen MR) is 41.6 cm³/mol. The first-order valence-corrected chi connectivity index (χ1v) is 5.37. The summed E-state index contributed by atoms with van der Waals surface area (Å²) in [5.41, 5.74) is -0.586. The molecule has 0 radical (unpaired) electrons. The molecule has 1 N–H and O–H groups in total. The van der Waals surface area contributed by atoms with Crippen LogP contribution in [-0.2, 0) is 15.6 Å². The molecule has 0 aliphatic carbocycles. The number of aromatic nitrogens is 3. The summed E-state index contributed by atoms with van der Waals surface area (Å²) >= 11 is 0. The van der Waals surface area contributed by atoms with E-state index in [1.165, 1.54) is 0 Å². The van der Waals surface area contributed by atoms with E-state index in [0.717, 1.165) is 4.57 Å². The standard InChI is InChI=1S/C4H6ClN3O3S/c1-2-8-3(9)6-7-4(8)12(5,10)11/h2H2,1H3,(H,6,9). The Hall–Kier alpha value is -0.820. The highest BCUT2D eigenvalue weighted by molar-refractivity contribution is 8.13. The molecule has 1 aromatic rings. The molecule has 0 saturated carbocycles. The monoisotopic (exact) mass is 211 g/mol. The van der Waals surface area contributed by atoms with E-state index in [2.05, 4.69) is 5.10 Å². The zero-order valence-electron chi connectivity index (χ0n) is 6.11. The van der Waals surface area contributed by atoms with Gasteiger partial charge in [0.15, 0.2) is 0 Å². The van der Waals surface area contributed by atoms with Crippen LogP contribution in [0.2, 0.25) is 0 Å². The molecule has 0 atom stereocenters. The molecule has 1 aromatic heterocycles. The molecule has 0 saturated heterocycles. The number of rotatable bonds is 2. The molecule has 6 nitrogen and oxygen atoms in total. The summed E-state index contributed by atoms with van der Waals surface area (Å²) in [5, 5.41) is 4.80. The third kappa shape index (κ3) is 1.51. The van der Waals surface area contributed by atoms with Crippen LogP contribution in [0.15, 0.2) is 9.95 Å². The van der Waals surface area contributed by atoms with Gasteiger partial charge in [-0.05, 0) is 6.92 Å². The van der Waals surface area contributed by atoms with Gasteiger partial charge in [-0.3, -0.25) is 4.57 Å². The second kappa shape index (κ2) is 2.91. The minimum absolute atomic E-state index is 0.205. The highest BCUT2D eigenvalue weighted by Crippen LogP contribution is 2.08. The van der Waals surface area contributed by atoms with E-state index in [1.807, 2.05) is 5.10 Å². The van der Waals surface area contributed by atoms with Crippen molar-refractivity contribution in [2.45, 2.75) is 18.6 Å². The van der Waals surface area contributed by atoms with Gasteiger partial charge in [-0.2, -0.15) is 0 Å². The summed E-state index contributed by atoms with van der Waals surface area (Å²) in [6.07, 6.45) is 0. The van der Waals surface area contributed by atoms with E-state index in [1.54, 1.807) is 6.92 Å². The number of aromatic amines is 1. The molecule has 1 heterocycles. The molecule has 0 amide bonds. The van der Waals surface area contributed by atoms with E-state index in [-0.39, 0.29) is 6.54 Å². The number of nitrogens with one attached hydrogen (secondary N) is 1. The predicted octanol–water partition coefficient (Wildman–Crippen LogP) is -0.481. The Labute approximate surface area is 72.6 Å². The van der Waals surface area contributed by atoms with Gasteiger partial charge >= 0.3 is 5.69 Å². The van der Waals surface area contributed by atoms with Crippen molar-refractivity contribution in [1.82, 2.24) is 14.8 Å². The number of hydrogen-bond donors (Lipinski definition) is 1. The van der Waals surface area contributed by atoms with Gasteiger partial charge in [0.1, 0.15) is 0 Å². The highest BCUT2D eigenvalue weighted by atomic mass is 35.7. The van der Waals surface area contributed by atoms with Gasteiger partial charge in [-0.25, -0.2) is 18.3 Å². The second-order valence-corrected chi connectivity index (χ2v) is 4.45. The Morgan fingerprint density at radius 1 is 1.67 bits per heavy atom. The molecule has 0 spiro atoms. The summed E-state index contributed by atoms with van der Waals surface area (Å²) in [5.74, 6) is 0. The minimum atomic E-state index is -3.93. The van der Waals surface area contributed by atoms with Crippen molar-refractivity contribution in [2.24, 2.45) is 0 Å². The van der Waals surface area contributed by atoms with Gasteiger partial charge in [0.25, 0.3) is 14.2 Å². The second-order valence-electron chi connectivity index (χ2n) is 1.99. The molecule has 0 aromatic carbocycles. The summed E-state index contributed by atoms with van der Waals surface area (Å²) in [6.45, 7) is 1.82. The lowest BCUT2D eigenvalue weighted by molar-refractivity contribution is 0.578. The molecule has 8 heteroatoms. The molecule has 1 rings (SSSR count). The van der Waals surface area contributed by atoms with Crippen molar-refractivity contribution in [3.8, 4) is 0 Å². The van der Waals surface area contributed by atoms with Crippen LogP contribution >= 0.6 is 10.7 Å². The molecule has 68 valence electrons. The molecule has 0 fully saturated rings. The van der Waals surface area contributed by atoms with Crippen LogP contribution in [0.5, 0.6) is 0 Å². The first-order chi connectivity index (χ1) is 5.46. The van der Waals surface area contributed by atoms with Crippen LogP contribution in [-0.4, -0.2) is 23.2 Å². The summed E-state index contributed by atoms with van der Waals surface area (Å²) in [7, 11) is 1.05. The fourth-order valence-electron chi connectivity index (χ4n) is 0.768. The van der Waals surface area contributed by atoms with E-state index in [9.17, 15) is 13.2 Å². The Balaban J connectivity index is 3.46. The van der Waals surface area contributed by atoms with Crippen LogP contribution in [0.4, 0.5) is 0 Å². The Bertz CT molecular complexity index is 431. The van der Waals surface area contributed by atoms with Crippen molar-refractivity contribution >= 4 is 19.7 Å². The fourth-order valence-corrected chi connectivity index (χ4v) is 1.75. The molecule has 12 heavy (non-hydrogen) atoms. The quantitative estimate of drug-likeness (QED) is 0.670. The molecular weight excluding hydrogens is 206 g/mol. The number of hydrogen-bond acceptors (Lipinski definition) is 4. The van der Waals surface area contributed by atoms with Crippen LogP contribution in [0.3, 0.4) is 0 Å². The summed E-state index contributed by atoms with van der Waals surface area (Å²) in [6, 6.07) is 0. The number of halogens is 1. The van der Waals surface area contributed by atoms with E-state index < -0.39 is 19.9 Å². The van der Waals surface area contributed by atoms with Gasteiger partial charge < -0.3 is 0 Å². The molecule has 0 aliphatic rings. The van der Waals surface area contributed by atoms with Gasteiger partial charge in [0, 0.05) is 17.2 Å². The average Bonchev–Trinajstić information content (AvgIpc) is 2.29. The molecular formula is C4H6ClN3O3S. The normalized spacial score (nSPS) is 11.8. The third-order valence-electron chi connectivity index (χ3n) is 1.26. The van der Waals surface area contributed by atoms with Crippen molar-refractivity contribution in [3.05, 3.63) is 10.5 Å². The van der Waals surface area contributed by atoms with Gasteiger partial charge in [0.05, 0.1) is 0 Å². The Kier molecular flexibility index (Phi) is 2.25. The van der Waals surface area contributed by atoms with Gasteiger partial charge in [-0.15, -0.1) is 5.10 Å². The van der Waals surface area contributed by atoms with Gasteiger partial charge in [-0.1, -0.05) is 0 Å². The fraction of sp³-hybridized carbons (Fsp3) is 0.500. The third-order valence-corrected chi connectivity index (χ3v) is 2.42. The molecule has 0 unspecified atom stereocenters. The topological polar surface area (TPSA) is 84.8 Å². The molecule has 0 bridgehead atoms. The summed E-state index contributed by atoms with van der Waals surface area (Å²) < 4.78 is 22.4. The molecule has 0 aliphatic heterocycles.